The number of carbonyl (C=O) groups is 3. The molecule has 2 bridgehead atoms. The number of allylic oxidation sites excluding steroid dienone is 2. The highest BCUT2D eigenvalue weighted by Gasteiger charge is 2.59. The summed E-state index contributed by atoms with van der Waals surface area (Å²) >= 11 is 0. The largest absolute Gasteiger partial charge is 0.325 e. The highest BCUT2D eigenvalue weighted by atomic mass is 16.2. The fourth-order valence-electron chi connectivity index (χ4n) is 5.67. The maximum absolute atomic E-state index is 12.8. The van der Waals surface area contributed by atoms with Crippen LogP contribution in [0.1, 0.15) is 17.5 Å². The van der Waals surface area contributed by atoms with E-state index in [0.717, 1.165) is 18.4 Å². The van der Waals surface area contributed by atoms with Gasteiger partial charge in [-0.05, 0) is 59.1 Å². The predicted molar refractivity (Wildman–Crippen MR) is 108 cm³/mol. The monoisotopic (exact) mass is 384 g/mol. The van der Waals surface area contributed by atoms with Gasteiger partial charge in [-0.1, -0.05) is 42.5 Å². The minimum absolute atomic E-state index is 0.159. The first-order valence-electron chi connectivity index (χ1n) is 10.1. The summed E-state index contributed by atoms with van der Waals surface area (Å²) in [6.07, 6.45) is 5.91. The predicted octanol–water partition coefficient (Wildman–Crippen LogP) is 3.00. The zero-order chi connectivity index (χ0) is 19.7. The van der Waals surface area contributed by atoms with E-state index in [1.165, 1.54) is 21.6 Å². The summed E-state index contributed by atoms with van der Waals surface area (Å²) in [7, 11) is 0. The number of nitrogens with one attached hydrogen (secondary N) is 1. The van der Waals surface area contributed by atoms with Gasteiger partial charge in [0, 0.05) is 5.69 Å². The molecule has 4 atom stereocenters. The average molecular weight is 384 g/mol. The summed E-state index contributed by atoms with van der Waals surface area (Å²) in [6, 6.07) is 14.2. The van der Waals surface area contributed by atoms with Crippen molar-refractivity contribution in [2.45, 2.75) is 12.8 Å². The molecule has 29 heavy (non-hydrogen) atoms. The Hall–Kier alpha value is -3.21. The number of rotatable bonds is 3. The first-order chi connectivity index (χ1) is 14.1. The number of benzene rings is 2. The van der Waals surface area contributed by atoms with Crippen LogP contribution in [0.3, 0.4) is 0 Å². The Morgan fingerprint density at radius 1 is 0.931 bits per heavy atom. The minimum Gasteiger partial charge on any atom is -0.325 e. The van der Waals surface area contributed by atoms with Gasteiger partial charge in [-0.15, -0.1) is 0 Å². The van der Waals surface area contributed by atoms with Gasteiger partial charge in [-0.25, -0.2) is 0 Å². The molecule has 3 aliphatic carbocycles. The molecule has 1 aliphatic heterocycles. The minimum atomic E-state index is -0.335. The van der Waals surface area contributed by atoms with E-state index >= 15 is 0 Å². The number of nitrogens with zero attached hydrogens (tertiary/aromatic N) is 1. The Morgan fingerprint density at radius 2 is 1.62 bits per heavy atom. The lowest BCUT2D eigenvalue weighted by Crippen LogP contribution is -2.39. The lowest BCUT2D eigenvalue weighted by atomic mass is 9.85. The number of anilines is 1. The molecular formula is C24H20N2O3. The summed E-state index contributed by atoms with van der Waals surface area (Å²) in [5, 5.41) is 2.87. The average Bonchev–Trinajstić information content (AvgIpc) is 3.47. The Labute approximate surface area is 168 Å². The number of likely N-dealkylation sites (tertiary alicyclic amines) is 1. The first-order valence-corrected chi connectivity index (χ1v) is 10.1. The third-order valence-electron chi connectivity index (χ3n) is 6.95. The van der Waals surface area contributed by atoms with Crippen LogP contribution in [0.2, 0.25) is 0 Å². The van der Waals surface area contributed by atoms with Crippen molar-refractivity contribution in [1.82, 2.24) is 4.90 Å². The van der Waals surface area contributed by atoms with Crippen LogP contribution in [-0.2, 0) is 20.8 Å². The van der Waals surface area contributed by atoms with Crippen molar-refractivity contribution in [2.24, 2.45) is 23.7 Å². The maximum Gasteiger partial charge on any atom is 0.244 e. The number of fused-ring (bicyclic) bond motifs is 8. The molecule has 1 saturated heterocycles. The van der Waals surface area contributed by atoms with Crippen LogP contribution in [-0.4, -0.2) is 29.2 Å². The second kappa shape index (κ2) is 5.89. The van der Waals surface area contributed by atoms with Gasteiger partial charge in [0.25, 0.3) is 0 Å². The molecule has 1 heterocycles. The van der Waals surface area contributed by atoms with Crippen molar-refractivity contribution in [2.75, 3.05) is 11.9 Å². The summed E-state index contributed by atoms with van der Waals surface area (Å²) in [4.78, 5) is 39.3. The van der Waals surface area contributed by atoms with Gasteiger partial charge in [0.2, 0.25) is 17.7 Å². The van der Waals surface area contributed by atoms with Gasteiger partial charge in [0.1, 0.15) is 6.54 Å². The summed E-state index contributed by atoms with van der Waals surface area (Å²) in [5.74, 6) is -0.913. The number of imide groups is 1. The SMILES string of the molecule is O=C(CN1C(=O)[C@@H]2[C@H](C1=O)[C@H]1C=C[C@@H]2C1)Nc1ccc2c(c1)-c1ccccc1C2. The second-order valence-corrected chi connectivity index (χ2v) is 8.52. The molecule has 0 spiro atoms. The van der Waals surface area contributed by atoms with Crippen LogP contribution in [0.5, 0.6) is 0 Å². The quantitative estimate of drug-likeness (QED) is 0.558. The maximum atomic E-state index is 12.8. The van der Waals surface area contributed by atoms with Crippen molar-refractivity contribution in [3.8, 4) is 11.1 Å². The molecule has 0 unspecified atom stereocenters. The molecule has 6 rings (SSSR count). The molecule has 4 aliphatic rings. The zero-order valence-corrected chi connectivity index (χ0v) is 15.8. The molecule has 5 heteroatoms. The van der Waals surface area contributed by atoms with Crippen molar-refractivity contribution < 1.29 is 14.4 Å². The third kappa shape index (κ3) is 2.36. The Balaban J connectivity index is 1.19. The fourth-order valence-corrected chi connectivity index (χ4v) is 5.67. The number of hydrogen-bond acceptors (Lipinski definition) is 3. The van der Waals surface area contributed by atoms with Gasteiger partial charge in [-0.2, -0.15) is 0 Å². The molecule has 2 fully saturated rings. The van der Waals surface area contributed by atoms with E-state index in [2.05, 4.69) is 29.6 Å². The van der Waals surface area contributed by atoms with E-state index in [0.29, 0.717) is 5.69 Å². The molecule has 5 nitrogen and oxygen atoms in total. The first kappa shape index (κ1) is 16.7. The van der Waals surface area contributed by atoms with E-state index in [9.17, 15) is 14.4 Å². The van der Waals surface area contributed by atoms with Crippen LogP contribution in [0.4, 0.5) is 5.69 Å². The molecule has 1 saturated carbocycles. The van der Waals surface area contributed by atoms with Crippen molar-refractivity contribution in [3.63, 3.8) is 0 Å². The lowest BCUT2D eigenvalue weighted by molar-refractivity contribution is -0.143. The standard InChI is InChI=1S/C24H20N2O3/c27-20(12-26-23(28)21-15-5-6-16(10-15)22(21)24(26)29)25-17-8-7-14-9-13-3-1-2-4-18(13)19(14)11-17/h1-8,11,15-16,21-22H,9-10,12H2,(H,25,27)/t15-,16+,21+,22-. The molecule has 2 aromatic carbocycles. The molecule has 2 aromatic rings. The number of amides is 3. The third-order valence-corrected chi connectivity index (χ3v) is 6.95. The normalized spacial score (nSPS) is 27.9. The second-order valence-electron chi connectivity index (χ2n) is 8.52. The highest BCUT2D eigenvalue weighted by molar-refractivity contribution is 6.09. The molecule has 3 amide bonds. The van der Waals surface area contributed by atoms with Gasteiger partial charge in [0.05, 0.1) is 11.8 Å². The topological polar surface area (TPSA) is 66.5 Å². The van der Waals surface area contributed by atoms with Crippen molar-refractivity contribution in [1.29, 1.82) is 0 Å². The smallest absolute Gasteiger partial charge is 0.244 e. The highest BCUT2D eigenvalue weighted by Crippen LogP contribution is 2.52. The Bertz CT molecular complexity index is 1090. The van der Waals surface area contributed by atoms with Gasteiger partial charge < -0.3 is 5.32 Å². The van der Waals surface area contributed by atoms with E-state index in [4.69, 9.17) is 0 Å². The van der Waals surface area contributed by atoms with Gasteiger partial charge in [0.15, 0.2) is 0 Å². The number of carbonyl (C=O) groups excluding carboxylic acids is 3. The summed E-state index contributed by atoms with van der Waals surface area (Å²) in [5.41, 5.74) is 5.54. The van der Waals surface area contributed by atoms with Crippen LogP contribution < -0.4 is 5.32 Å². The van der Waals surface area contributed by atoms with Crippen LogP contribution in [0.25, 0.3) is 11.1 Å². The summed E-state index contributed by atoms with van der Waals surface area (Å²) < 4.78 is 0. The fraction of sp³-hybridized carbons (Fsp3) is 0.292. The van der Waals surface area contributed by atoms with Crippen LogP contribution in [0.15, 0.2) is 54.6 Å². The molecular weight excluding hydrogens is 364 g/mol. The molecule has 1 N–H and O–H groups in total. The Morgan fingerprint density at radius 3 is 2.38 bits per heavy atom. The van der Waals surface area contributed by atoms with E-state index in [1.54, 1.807) is 0 Å². The molecule has 0 radical (unpaired) electrons. The van der Waals surface area contributed by atoms with Crippen molar-refractivity contribution >= 4 is 23.4 Å². The van der Waals surface area contributed by atoms with E-state index in [1.807, 2.05) is 30.3 Å². The van der Waals surface area contributed by atoms with Crippen LogP contribution >= 0.6 is 0 Å². The van der Waals surface area contributed by atoms with Gasteiger partial charge in [-0.3, -0.25) is 19.3 Å². The zero-order valence-electron chi connectivity index (χ0n) is 15.8. The van der Waals surface area contributed by atoms with Crippen molar-refractivity contribution in [3.05, 3.63) is 65.7 Å². The van der Waals surface area contributed by atoms with Gasteiger partial charge >= 0.3 is 0 Å². The van der Waals surface area contributed by atoms with E-state index in [-0.39, 0.29) is 47.9 Å². The van der Waals surface area contributed by atoms with Crippen LogP contribution in [0, 0.1) is 23.7 Å². The molecule has 0 aromatic heterocycles. The lowest BCUT2D eigenvalue weighted by Gasteiger charge is -2.17. The summed E-state index contributed by atoms with van der Waals surface area (Å²) in [6.45, 7) is -0.211. The molecule has 144 valence electrons. The Kier molecular flexibility index (Phi) is 3.40. The number of hydrogen-bond donors (Lipinski definition) is 1. The van der Waals surface area contributed by atoms with E-state index < -0.39 is 0 Å².